The predicted octanol–water partition coefficient (Wildman–Crippen LogP) is 2.81. The molecule has 1 aliphatic rings. The topological polar surface area (TPSA) is 58.6 Å². The fourth-order valence-electron chi connectivity index (χ4n) is 2.25. The molecule has 112 valence electrons. The standard InChI is InChI=1S/C16H13BrN2O3/c17-11-5-7-12(8-6-11)18-15(20)9-19-10-16(21)22-14-4-2-1-3-13(14)19/h1-8H,9-10H2,(H,18,20). The van der Waals surface area contributed by atoms with Gasteiger partial charge >= 0.3 is 5.97 Å². The molecule has 0 atom stereocenters. The van der Waals surface area contributed by atoms with Crippen LogP contribution in [-0.2, 0) is 9.59 Å². The molecule has 1 heterocycles. The van der Waals surface area contributed by atoms with Gasteiger partial charge in [-0.1, -0.05) is 28.1 Å². The van der Waals surface area contributed by atoms with Crippen molar-refractivity contribution in [3.8, 4) is 5.75 Å². The molecule has 1 aliphatic heterocycles. The van der Waals surface area contributed by atoms with Crippen molar-refractivity contribution in [2.24, 2.45) is 0 Å². The third kappa shape index (κ3) is 3.28. The first kappa shape index (κ1) is 14.6. The average molecular weight is 361 g/mol. The largest absolute Gasteiger partial charge is 0.423 e. The van der Waals surface area contributed by atoms with Crippen molar-refractivity contribution in [2.75, 3.05) is 23.3 Å². The molecule has 0 aromatic heterocycles. The summed E-state index contributed by atoms with van der Waals surface area (Å²) in [4.78, 5) is 25.5. The van der Waals surface area contributed by atoms with Gasteiger partial charge in [0.15, 0.2) is 5.75 Å². The highest BCUT2D eigenvalue weighted by Crippen LogP contribution is 2.31. The number of nitrogens with zero attached hydrogens (tertiary/aromatic N) is 1. The smallest absolute Gasteiger partial charge is 0.331 e. The molecule has 6 heteroatoms. The third-order valence-corrected chi connectivity index (χ3v) is 3.74. The van der Waals surface area contributed by atoms with Gasteiger partial charge in [0.05, 0.1) is 12.2 Å². The molecule has 0 aliphatic carbocycles. The number of anilines is 2. The van der Waals surface area contributed by atoms with E-state index < -0.39 is 0 Å². The van der Waals surface area contributed by atoms with Crippen LogP contribution < -0.4 is 15.0 Å². The molecule has 0 saturated carbocycles. The van der Waals surface area contributed by atoms with E-state index in [9.17, 15) is 9.59 Å². The first-order valence-electron chi connectivity index (χ1n) is 6.72. The van der Waals surface area contributed by atoms with Gasteiger partial charge in [-0.15, -0.1) is 0 Å². The van der Waals surface area contributed by atoms with Crippen LogP contribution >= 0.6 is 15.9 Å². The van der Waals surface area contributed by atoms with Gasteiger partial charge < -0.3 is 15.0 Å². The number of para-hydroxylation sites is 2. The van der Waals surface area contributed by atoms with Crippen LogP contribution in [0.3, 0.4) is 0 Å². The number of carbonyl (C=O) groups excluding carboxylic acids is 2. The molecule has 0 saturated heterocycles. The van der Waals surface area contributed by atoms with E-state index in [1.807, 2.05) is 24.3 Å². The zero-order chi connectivity index (χ0) is 15.5. The highest BCUT2D eigenvalue weighted by Gasteiger charge is 2.25. The lowest BCUT2D eigenvalue weighted by atomic mass is 10.2. The molecule has 1 N–H and O–H groups in total. The van der Waals surface area contributed by atoms with Crippen molar-refractivity contribution < 1.29 is 14.3 Å². The number of fused-ring (bicyclic) bond motifs is 1. The second kappa shape index (κ2) is 6.19. The zero-order valence-electron chi connectivity index (χ0n) is 11.6. The lowest BCUT2D eigenvalue weighted by molar-refractivity contribution is -0.133. The summed E-state index contributed by atoms with van der Waals surface area (Å²) in [7, 11) is 0. The number of halogens is 1. The van der Waals surface area contributed by atoms with Gasteiger partial charge in [0.2, 0.25) is 5.91 Å². The van der Waals surface area contributed by atoms with Crippen molar-refractivity contribution in [1.82, 2.24) is 0 Å². The molecule has 1 amide bonds. The number of nitrogens with one attached hydrogen (secondary N) is 1. The predicted molar refractivity (Wildman–Crippen MR) is 87.1 cm³/mol. The Labute approximate surface area is 136 Å². The number of ether oxygens (including phenoxy) is 1. The third-order valence-electron chi connectivity index (χ3n) is 3.21. The van der Waals surface area contributed by atoms with E-state index >= 15 is 0 Å². The molecule has 0 radical (unpaired) electrons. The maximum absolute atomic E-state index is 12.2. The molecule has 2 aromatic carbocycles. The van der Waals surface area contributed by atoms with Gasteiger partial charge in [-0.3, -0.25) is 4.79 Å². The Balaban J connectivity index is 1.71. The Morgan fingerprint density at radius 1 is 1.18 bits per heavy atom. The maximum atomic E-state index is 12.2. The number of hydrogen-bond donors (Lipinski definition) is 1. The molecule has 3 rings (SSSR count). The molecular weight excluding hydrogens is 348 g/mol. The lowest BCUT2D eigenvalue weighted by Gasteiger charge is -2.29. The molecule has 5 nitrogen and oxygen atoms in total. The van der Waals surface area contributed by atoms with Crippen molar-refractivity contribution in [1.29, 1.82) is 0 Å². The minimum absolute atomic E-state index is 0.0603. The van der Waals surface area contributed by atoms with Crippen LogP contribution in [-0.4, -0.2) is 25.0 Å². The highest BCUT2D eigenvalue weighted by atomic mass is 79.9. The second-order valence-corrected chi connectivity index (χ2v) is 5.77. The Kier molecular flexibility index (Phi) is 4.11. The minimum atomic E-state index is -0.366. The molecule has 0 fully saturated rings. The average Bonchev–Trinajstić information content (AvgIpc) is 2.49. The van der Waals surface area contributed by atoms with E-state index in [-0.39, 0.29) is 25.0 Å². The Bertz CT molecular complexity index is 716. The van der Waals surface area contributed by atoms with Crippen molar-refractivity contribution in [3.05, 3.63) is 53.0 Å². The quantitative estimate of drug-likeness (QED) is 0.675. The van der Waals surface area contributed by atoms with E-state index in [1.54, 1.807) is 29.2 Å². The van der Waals surface area contributed by atoms with Crippen molar-refractivity contribution >= 4 is 39.2 Å². The molecule has 22 heavy (non-hydrogen) atoms. The van der Waals surface area contributed by atoms with Crippen LogP contribution in [0.1, 0.15) is 0 Å². The first-order chi connectivity index (χ1) is 10.6. The van der Waals surface area contributed by atoms with E-state index in [2.05, 4.69) is 21.2 Å². The normalized spacial score (nSPS) is 13.3. The fraction of sp³-hybridized carbons (Fsp3) is 0.125. The summed E-state index contributed by atoms with van der Waals surface area (Å²) in [5.74, 6) is -0.0721. The SMILES string of the molecule is O=C(CN1CC(=O)Oc2ccccc21)Nc1ccc(Br)cc1. The van der Waals surface area contributed by atoms with Crippen LogP contribution in [0, 0.1) is 0 Å². The summed E-state index contributed by atoms with van der Waals surface area (Å²) < 4.78 is 6.10. The lowest BCUT2D eigenvalue weighted by Crippen LogP contribution is -2.41. The van der Waals surface area contributed by atoms with Crippen LogP contribution in [0.25, 0.3) is 0 Å². The van der Waals surface area contributed by atoms with Gasteiger partial charge in [0.25, 0.3) is 0 Å². The number of esters is 1. The monoisotopic (exact) mass is 360 g/mol. The Morgan fingerprint density at radius 2 is 1.91 bits per heavy atom. The minimum Gasteiger partial charge on any atom is -0.423 e. The van der Waals surface area contributed by atoms with Crippen molar-refractivity contribution in [3.63, 3.8) is 0 Å². The van der Waals surface area contributed by atoms with E-state index in [0.717, 1.165) is 10.2 Å². The van der Waals surface area contributed by atoms with Crippen LogP contribution in [0.5, 0.6) is 5.75 Å². The fourth-order valence-corrected chi connectivity index (χ4v) is 2.51. The molecule has 0 unspecified atom stereocenters. The zero-order valence-corrected chi connectivity index (χ0v) is 13.2. The molecule has 2 aromatic rings. The molecule has 0 bridgehead atoms. The van der Waals surface area contributed by atoms with Crippen LogP contribution in [0.4, 0.5) is 11.4 Å². The number of carbonyl (C=O) groups is 2. The van der Waals surface area contributed by atoms with Gasteiger partial charge in [-0.25, -0.2) is 4.79 Å². The van der Waals surface area contributed by atoms with Crippen molar-refractivity contribution in [2.45, 2.75) is 0 Å². The van der Waals surface area contributed by atoms with E-state index in [4.69, 9.17) is 4.74 Å². The second-order valence-electron chi connectivity index (χ2n) is 4.85. The van der Waals surface area contributed by atoms with E-state index in [0.29, 0.717) is 11.4 Å². The summed E-state index contributed by atoms with van der Waals surface area (Å²) in [5, 5.41) is 2.81. The summed E-state index contributed by atoms with van der Waals surface area (Å²) in [6.45, 7) is 0.146. The number of hydrogen-bond acceptors (Lipinski definition) is 4. The number of benzene rings is 2. The summed E-state index contributed by atoms with van der Waals surface area (Å²) in [6, 6.07) is 14.5. The first-order valence-corrected chi connectivity index (χ1v) is 7.51. The maximum Gasteiger partial charge on any atom is 0.331 e. The molecular formula is C16H13BrN2O3. The van der Waals surface area contributed by atoms with E-state index in [1.165, 1.54) is 0 Å². The van der Waals surface area contributed by atoms with Crippen LogP contribution in [0.2, 0.25) is 0 Å². The van der Waals surface area contributed by atoms with Gasteiger partial charge in [0, 0.05) is 10.2 Å². The summed E-state index contributed by atoms with van der Waals surface area (Å²) in [6.07, 6.45) is 0. The Hall–Kier alpha value is -2.34. The van der Waals surface area contributed by atoms with Gasteiger partial charge in [-0.2, -0.15) is 0 Å². The van der Waals surface area contributed by atoms with Gasteiger partial charge in [-0.05, 0) is 36.4 Å². The molecule has 0 spiro atoms. The highest BCUT2D eigenvalue weighted by molar-refractivity contribution is 9.10. The number of rotatable bonds is 3. The van der Waals surface area contributed by atoms with Gasteiger partial charge in [0.1, 0.15) is 6.54 Å². The Morgan fingerprint density at radius 3 is 2.68 bits per heavy atom. The van der Waals surface area contributed by atoms with Crippen LogP contribution in [0.15, 0.2) is 53.0 Å². The summed E-state index contributed by atoms with van der Waals surface area (Å²) >= 11 is 3.34. The summed E-state index contributed by atoms with van der Waals surface area (Å²) in [5.41, 5.74) is 1.45. The number of amides is 1.